The fourth-order valence-corrected chi connectivity index (χ4v) is 3.04. The minimum absolute atomic E-state index is 0.0459. The monoisotopic (exact) mass is 308 g/mol. The second-order valence-corrected chi connectivity index (χ2v) is 6.66. The van der Waals surface area contributed by atoms with Gasteiger partial charge in [-0.15, -0.1) is 0 Å². The Morgan fingerprint density at radius 3 is 2.52 bits per heavy atom. The molecular weight excluding hydrogens is 292 g/mol. The number of nitrogens with one attached hydrogen (secondary N) is 1. The van der Waals surface area contributed by atoms with Gasteiger partial charge in [-0.3, -0.25) is 0 Å². The lowest BCUT2D eigenvalue weighted by Crippen LogP contribution is -2.28. The molecule has 0 bridgehead atoms. The molecule has 1 heterocycles. The maximum Gasteiger partial charge on any atom is 0.352 e. The Morgan fingerprint density at radius 2 is 1.95 bits per heavy atom. The van der Waals surface area contributed by atoms with Crippen LogP contribution in [0.3, 0.4) is 0 Å². The second-order valence-electron chi connectivity index (χ2n) is 4.62. The minimum atomic E-state index is -3.68. The Labute approximate surface area is 123 Å². The summed E-state index contributed by atoms with van der Waals surface area (Å²) in [6.07, 6.45) is 1.78. The zero-order valence-electron chi connectivity index (χ0n) is 11.5. The van der Waals surface area contributed by atoms with Gasteiger partial charge < -0.3 is 10.1 Å². The van der Waals surface area contributed by atoms with Crippen molar-refractivity contribution < 1.29 is 18.3 Å². The summed E-state index contributed by atoms with van der Waals surface area (Å²) in [5.41, 5.74) is 0.893. The number of sulfonamides is 1. The molecule has 1 aromatic carbocycles. The smallest absolute Gasteiger partial charge is 0.352 e. The first kappa shape index (κ1) is 15.3. The molecule has 0 spiro atoms. The van der Waals surface area contributed by atoms with Gasteiger partial charge in [0.05, 0.1) is 0 Å². The number of carboxylic acid groups (broad SMARTS) is 1. The molecule has 2 N–H and O–H groups in total. The third kappa shape index (κ3) is 3.50. The molecule has 0 fully saturated rings. The summed E-state index contributed by atoms with van der Waals surface area (Å²) in [5, 5.41) is 8.81. The molecule has 7 heteroatoms. The predicted molar refractivity (Wildman–Crippen MR) is 77.7 cm³/mol. The van der Waals surface area contributed by atoms with Gasteiger partial charge >= 0.3 is 5.97 Å². The average Bonchev–Trinajstić information content (AvgIpc) is 2.96. The van der Waals surface area contributed by atoms with Crippen LogP contribution in [-0.2, 0) is 16.4 Å². The van der Waals surface area contributed by atoms with Crippen molar-refractivity contribution in [1.82, 2.24) is 9.29 Å². The van der Waals surface area contributed by atoms with E-state index in [-0.39, 0.29) is 10.6 Å². The first-order chi connectivity index (χ1) is 9.91. The molecule has 21 heavy (non-hydrogen) atoms. The molecule has 0 aliphatic rings. The van der Waals surface area contributed by atoms with Crippen LogP contribution < -0.4 is 0 Å². The zero-order valence-corrected chi connectivity index (χ0v) is 12.3. The van der Waals surface area contributed by atoms with Gasteiger partial charge in [0.1, 0.15) is 10.6 Å². The number of rotatable bonds is 6. The highest BCUT2D eigenvalue weighted by molar-refractivity contribution is 7.89. The van der Waals surface area contributed by atoms with Crippen molar-refractivity contribution in [2.45, 2.75) is 11.3 Å². The summed E-state index contributed by atoms with van der Waals surface area (Å²) in [4.78, 5) is 13.2. The van der Waals surface area contributed by atoms with E-state index in [9.17, 15) is 13.2 Å². The lowest BCUT2D eigenvalue weighted by molar-refractivity contribution is 0.0691. The molecule has 0 radical (unpaired) electrons. The number of carboxylic acids is 1. The normalized spacial score (nSPS) is 11.7. The van der Waals surface area contributed by atoms with E-state index in [1.54, 1.807) is 0 Å². The third-order valence-electron chi connectivity index (χ3n) is 3.15. The van der Waals surface area contributed by atoms with E-state index in [4.69, 9.17) is 5.11 Å². The topological polar surface area (TPSA) is 90.5 Å². The number of nitrogens with zero attached hydrogens (tertiary/aromatic N) is 1. The molecule has 0 amide bonds. The maximum atomic E-state index is 12.3. The quantitative estimate of drug-likeness (QED) is 0.847. The van der Waals surface area contributed by atoms with Crippen molar-refractivity contribution in [3.63, 3.8) is 0 Å². The van der Waals surface area contributed by atoms with Crippen LogP contribution in [-0.4, -0.2) is 42.4 Å². The summed E-state index contributed by atoms with van der Waals surface area (Å²) in [5.74, 6) is -1.19. The van der Waals surface area contributed by atoms with E-state index >= 15 is 0 Å². The van der Waals surface area contributed by atoms with Crippen molar-refractivity contribution in [3.8, 4) is 0 Å². The van der Waals surface area contributed by atoms with E-state index in [1.807, 2.05) is 30.3 Å². The maximum absolute atomic E-state index is 12.3. The predicted octanol–water partition coefficient (Wildman–Crippen LogP) is 1.58. The Hall–Kier alpha value is -2.12. The van der Waals surface area contributed by atoms with Gasteiger partial charge in [0.2, 0.25) is 10.0 Å². The number of hydrogen-bond donors (Lipinski definition) is 2. The van der Waals surface area contributed by atoms with Crippen molar-refractivity contribution in [2.24, 2.45) is 0 Å². The molecule has 1 aromatic heterocycles. The van der Waals surface area contributed by atoms with Crippen LogP contribution in [0.5, 0.6) is 0 Å². The number of carbonyl (C=O) groups is 1. The van der Waals surface area contributed by atoms with Gasteiger partial charge in [0.25, 0.3) is 0 Å². The molecule has 2 aromatic rings. The molecule has 0 aliphatic heterocycles. The minimum Gasteiger partial charge on any atom is -0.477 e. The Balaban J connectivity index is 2.09. The van der Waals surface area contributed by atoms with Crippen LogP contribution in [0.2, 0.25) is 0 Å². The molecule has 0 aliphatic carbocycles. The molecule has 2 rings (SSSR count). The molecule has 6 nitrogen and oxygen atoms in total. The number of likely N-dealkylation sites (N-methyl/N-ethyl adjacent to an activating group) is 1. The molecule has 0 atom stereocenters. The Morgan fingerprint density at radius 1 is 1.29 bits per heavy atom. The molecule has 0 saturated heterocycles. The lowest BCUT2D eigenvalue weighted by Gasteiger charge is -2.16. The van der Waals surface area contributed by atoms with E-state index in [0.29, 0.717) is 13.0 Å². The number of benzene rings is 1. The Bertz CT molecular complexity index is 722. The van der Waals surface area contributed by atoms with E-state index in [2.05, 4.69) is 4.98 Å². The van der Waals surface area contributed by atoms with Crippen LogP contribution in [0, 0.1) is 0 Å². The molecular formula is C14H16N2O4S. The summed E-state index contributed by atoms with van der Waals surface area (Å²) >= 11 is 0. The van der Waals surface area contributed by atoms with Crippen molar-refractivity contribution in [3.05, 3.63) is 53.9 Å². The first-order valence-corrected chi connectivity index (χ1v) is 7.77. The van der Waals surface area contributed by atoms with E-state index in [0.717, 1.165) is 11.6 Å². The van der Waals surface area contributed by atoms with Crippen LogP contribution in [0.4, 0.5) is 0 Å². The zero-order chi connectivity index (χ0) is 15.5. The number of aromatic carboxylic acids is 1. The van der Waals surface area contributed by atoms with Gasteiger partial charge in [-0.2, -0.15) is 0 Å². The number of hydrogen-bond acceptors (Lipinski definition) is 3. The summed E-state index contributed by atoms with van der Waals surface area (Å²) in [6.45, 7) is 0.319. The summed E-state index contributed by atoms with van der Waals surface area (Å²) in [6, 6.07) is 10.7. The summed E-state index contributed by atoms with van der Waals surface area (Å²) in [7, 11) is -2.21. The SMILES string of the molecule is CN(CCc1ccccc1)S(=O)(=O)c1c[nH]c(C(=O)O)c1. The van der Waals surface area contributed by atoms with Gasteiger partial charge in [-0.25, -0.2) is 17.5 Å². The highest BCUT2D eigenvalue weighted by Crippen LogP contribution is 2.16. The van der Waals surface area contributed by atoms with E-state index < -0.39 is 16.0 Å². The number of aromatic amines is 1. The van der Waals surface area contributed by atoms with Gasteiger partial charge in [0.15, 0.2) is 0 Å². The number of H-pyrrole nitrogens is 1. The van der Waals surface area contributed by atoms with Gasteiger partial charge in [-0.1, -0.05) is 30.3 Å². The van der Waals surface area contributed by atoms with Crippen molar-refractivity contribution in [2.75, 3.05) is 13.6 Å². The lowest BCUT2D eigenvalue weighted by atomic mass is 10.2. The number of aromatic nitrogens is 1. The molecule has 0 saturated carbocycles. The summed E-state index contributed by atoms with van der Waals surface area (Å²) < 4.78 is 25.8. The third-order valence-corrected chi connectivity index (χ3v) is 4.99. The average molecular weight is 308 g/mol. The highest BCUT2D eigenvalue weighted by Gasteiger charge is 2.23. The largest absolute Gasteiger partial charge is 0.477 e. The van der Waals surface area contributed by atoms with Crippen LogP contribution in [0.25, 0.3) is 0 Å². The molecule has 0 unspecified atom stereocenters. The van der Waals surface area contributed by atoms with E-state index in [1.165, 1.54) is 17.5 Å². The Kier molecular flexibility index (Phi) is 4.44. The van der Waals surface area contributed by atoms with Crippen molar-refractivity contribution >= 4 is 16.0 Å². The fourth-order valence-electron chi connectivity index (χ4n) is 1.88. The van der Waals surface area contributed by atoms with Gasteiger partial charge in [0, 0.05) is 19.8 Å². The highest BCUT2D eigenvalue weighted by atomic mass is 32.2. The molecule has 112 valence electrons. The second kappa shape index (κ2) is 6.11. The fraction of sp³-hybridized carbons (Fsp3) is 0.214. The van der Waals surface area contributed by atoms with Crippen LogP contribution >= 0.6 is 0 Å². The van der Waals surface area contributed by atoms with Gasteiger partial charge in [-0.05, 0) is 18.1 Å². The van der Waals surface area contributed by atoms with Crippen molar-refractivity contribution in [1.29, 1.82) is 0 Å². The van der Waals surface area contributed by atoms with Crippen LogP contribution in [0.15, 0.2) is 47.5 Å². The first-order valence-electron chi connectivity index (χ1n) is 6.33. The van der Waals surface area contributed by atoms with Crippen LogP contribution in [0.1, 0.15) is 16.1 Å². The standard InChI is InChI=1S/C14H16N2O4S/c1-16(8-7-11-5-3-2-4-6-11)21(19,20)12-9-13(14(17)18)15-10-12/h2-6,9-10,15H,7-8H2,1H3,(H,17,18).